The van der Waals surface area contributed by atoms with Gasteiger partial charge in [0.05, 0.1) is 10.5 Å². The Morgan fingerprint density at radius 2 is 1.93 bits per heavy atom. The summed E-state index contributed by atoms with van der Waals surface area (Å²) in [4.78, 5) is 35.5. The summed E-state index contributed by atoms with van der Waals surface area (Å²) < 4.78 is 15.6. The lowest BCUT2D eigenvalue weighted by Gasteiger charge is -2.14. The van der Waals surface area contributed by atoms with E-state index in [0.29, 0.717) is 22.9 Å². The molecule has 0 radical (unpaired) electrons. The van der Waals surface area contributed by atoms with Gasteiger partial charge in [-0.3, -0.25) is 14.9 Å². The van der Waals surface area contributed by atoms with Crippen LogP contribution < -0.4 is 20.1 Å². The van der Waals surface area contributed by atoms with E-state index in [0.717, 1.165) is 18.9 Å². The van der Waals surface area contributed by atoms with E-state index in [4.69, 9.17) is 14.2 Å². The molecular weight excluding hydrogens is 394 g/mol. The topological polar surface area (TPSA) is 129 Å². The van der Waals surface area contributed by atoms with Gasteiger partial charge in [0.1, 0.15) is 5.69 Å². The first-order valence-electron chi connectivity index (χ1n) is 9.37. The number of rotatable bonds is 7. The first-order chi connectivity index (χ1) is 14.4. The number of hydrogen-bond donors (Lipinski definition) is 2. The molecule has 0 aromatic heterocycles. The van der Waals surface area contributed by atoms with Crippen LogP contribution in [0.1, 0.15) is 30.1 Å². The molecule has 0 saturated heterocycles. The molecule has 1 aliphatic heterocycles. The van der Waals surface area contributed by atoms with Gasteiger partial charge in [0, 0.05) is 23.9 Å². The molecule has 0 spiro atoms. The minimum atomic E-state index is -1.12. The highest BCUT2D eigenvalue weighted by atomic mass is 16.7. The number of amides is 1. The minimum absolute atomic E-state index is 0.00854. The van der Waals surface area contributed by atoms with Crippen molar-refractivity contribution in [3.63, 3.8) is 0 Å². The van der Waals surface area contributed by atoms with Gasteiger partial charge >= 0.3 is 5.97 Å². The largest absolute Gasteiger partial charge is 0.454 e. The van der Waals surface area contributed by atoms with Crippen molar-refractivity contribution in [1.82, 2.24) is 0 Å². The zero-order valence-electron chi connectivity index (χ0n) is 16.0. The number of hydrogen-bond acceptors (Lipinski definition) is 8. The molecule has 156 valence electrons. The Hall–Kier alpha value is -3.82. The van der Waals surface area contributed by atoms with Crippen molar-refractivity contribution in [1.29, 1.82) is 0 Å². The predicted molar refractivity (Wildman–Crippen MR) is 106 cm³/mol. The molecule has 10 nitrogen and oxygen atoms in total. The summed E-state index contributed by atoms with van der Waals surface area (Å²) in [5.41, 5.74) is 0.588. The molecule has 1 aliphatic carbocycles. The number of esters is 1. The standard InChI is InChI=1S/C20H19N3O7/c1-11(19(24)22-14-5-7-17-18(9-14)29-10-28-17)30-20(25)12-2-6-15(21-13-3-4-13)16(8-12)23(26)27/h2,5-9,11,13,21H,3-4,10H2,1H3,(H,22,24)/t11-/m1/s1. The average molecular weight is 413 g/mol. The molecule has 2 aromatic carbocycles. The van der Waals surface area contributed by atoms with Crippen molar-refractivity contribution in [2.75, 3.05) is 17.4 Å². The van der Waals surface area contributed by atoms with Gasteiger partial charge in [0.15, 0.2) is 17.6 Å². The van der Waals surface area contributed by atoms with Gasteiger partial charge in [-0.25, -0.2) is 4.79 Å². The van der Waals surface area contributed by atoms with Crippen molar-refractivity contribution < 1.29 is 28.7 Å². The zero-order valence-corrected chi connectivity index (χ0v) is 16.0. The van der Waals surface area contributed by atoms with Crippen LogP contribution in [0.4, 0.5) is 17.1 Å². The summed E-state index contributed by atoms with van der Waals surface area (Å²) in [6.45, 7) is 1.53. The molecule has 2 aromatic rings. The lowest BCUT2D eigenvalue weighted by atomic mass is 10.1. The summed E-state index contributed by atoms with van der Waals surface area (Å²) in [5, 5.41) is 17.0. The second-order valence-corrected chi connectivity index (χ2v) is 7.01. The van der Waals surface area contributed by atoms with Crippen LogP contribution in [0.5, 0.6) is 11.5 Å². The van der Waals surface area contributed by atoms with E-state index in [1.165, 1.54) is 19.1 Å². The van der Waals surface area contributed by atoms with E-state index in [1.54, 1.807) is 18.2 Å². The van der Waals surface area contributed by atoms with Crippen LogP contribution in [-0.4, -0.2) is 35.7 Å². The molecule has 10 heteroatoms. The number of nitro groups is 1. The third kappa shape index (κ3) is 4.27. The molecule has 1 atom stereocenters. The molecule has 2 aliphatic rings. The first-order valence-corrected chi connectivity index (χ1v) is 9.37. The molecule has 1 heterocycles. The smallest absolute Gasteiger partial charge is 0.339 e. The molecule has 0 bridgehead atoms. The van der Waals surface area contributed by atoms with E-state index in [-0.39, 0.29) is 24.1 Å². The minimum Gasteiger partial charge on any atom is -0.454 e. The third-order valence-electron chi connectivity index (χ3n) is 4.66. The summed E-state index contributed by atoms with van der Waals surface area (Å²) in [5.74, 6) is -0.300. The second kappa shape index (κ2) is 7.90. The lowest BCUT2D eigenvalue weighted by Crippen LogP contribution is -2.30. The summed E-state index contributed by atoms with van der Waals surface area (Å²) >= 11 is 0. The number of carbonyl (C=O) groups is 2. The molecule has 1 fully saturated rings. The highest BCUT2D eigenvalue weighted by Gasteiger charge is 2.27. The van der Waals surface area contributed by atoms with Crippen molar-refractivity contribution in [2.45, 2.75) is 31.9 Å². The molecule has 1 amide bonds. The Balaban J connectivity index is 1.40. The molecule has 4 rings (SSSR count). The third-order valence-corrected chi connectivity index (χ3v) is 4.66. The van der Waals surface area contributed by atoms with Gasteiger partial charge in [0.2, 0.25) is 6.79 Å². The Morgan fingerprint density at radius 1 is 1.17 bits per heavy atom. The maximum atomic E-state index is 12.4. The van der Waals surface area contributed by atoms with Crippen LogP contribution in [-0.2, 0) is 9.53 Å². The summed E-state index contributed by atoms with van der Waals surface area (Å²) in [6, 6.07) is 9.17. The maximum Gasteiger partial charge on any atom is 0.339 e. The molecule has 0 unspecified atom stereocenters. The van der Waals surface area contributed by atoms with Gasteiger partial charge in [0.25, 0.3) is 11.6 Å². The van der Waals surface area contributed by atoms with Crippen LogP contribution in [0.25, 0.3) is 0 Å². The second-order valence-electron chi connectivity index (χ2n) is 7.01. The molecular formula is C20H19N3O7. The molecule has 1 saturated carbocycles. The van der Waals surface area contributed by atoms with Gasteiger partial charge in [-0.05, 0) is 44.0 Å². The Morgan fingerprint density at radius 3 is 2.67 bits per heavy atom. The molecule has 2 N–H and O–H groups in total. The number of carbonyl (C=O) groups excluding carboxylic acids is 2. The Bertz CT molecular complexity index is 1020. The lowest BCUT2D eigenvalue weighted by molar-refractivity contribution is -0.384. The quantitative estimate of drug-likeness (QED) is 0.402. The van der Waals surface area contributed by atoms with Crippen LogP contribution >= 0.6 is 0 Å². The van der Waals surface area contributed by atoms with E-state index in [9.17, 15) is 19.7 Å². The number of fused-ring (bicyclic) bond motifs is 1. The summed E-state index contributed by atoms with van der Waals surface area (Å²) in [6.07, 6.45) is 0.791. The summed E-state index contributed by atoms with van der Waals surface area (Å²) in [7, 11) is 0. The van der Waals surface area contributed by atoms with E-state index >= 15 is 0 Å². The monoisotopic (exact) mass is 413 g/mol. The highest BCUT2D eigenvalue weighted by molar-refractivity contribution is 5.98. The van der Waals surface area contributed by atoms with Gasteiger partial charge in [-0.1, -0.05) is 0 Å². The fourth-order valence-corrected chi connectivity index (χ4v) is 2.88. The van der Waals surface area contributed by atoms with Crippen molar-refractivity contribution in [3.8, 4) is 11.5 Å². The van der Waals surface area contributed by atoms with Crippen LogP contribution in [0.3, 0.4) is 0 Å². The number of nitrogens with one attached hydrogen (secondary N) is 2. The van der Waals surface area contributed by atoms with Crippen molar-refractivity contribution >= 4 is 28.9 Å². The maximum absolute atomic E-state index is 12.4. The SMILES string of the molecule is C[C@@H](OC(=O)c1ccc(NC2CC2)c([N+](=O)[O-])c1)C(=O)Nc1ccc2c(c1)OCO2. The van der Waals surface area contributed by atoms with E-state index in [2.05, 4.69) is 10.6 Å². The van der Waals surface area contributed by atoms with E-state index < -0.39 is 22.9 Å². The number of nitro benzene ring substituents is 1. The van der Waals surface area contributed by atoms with E-state index in [1.807, 2.05) is 0 Å². The van der Waals surface area contributed by atoms with Gasteiger partial charge in [-0.2, -0.15) is 0 Å². The number of benzene rings is 2. The van der Waals surface area contributed by atoms with Crippen LogP contribution in [0.2, 0.25) is 0 Å². The average Bonchev–Trinajstić information content (AvgIpc) is 3.41. The molecule has 30 heavy (non-hydrogen) atoms. The van der Waals surface area contributed by atoms with Crippen molar-refractivity contribution in [2.24, 2.45) is 0 Å². The van der Waals surface area contributed by atoms with Crippen molar-refractivity contribution in [3.05, 3.63) is 52.1 Å². The van der Waals surface area contributed by atoms with Gasteiger partial charge in [-0.15, -0.1) is 0 Å². The van der Waals surface area contributed by atoms with Gasteiger partial charge < -0.3 is 24.8 Å². The predicted octanol–water partition coefficient (Wildman–Crippen LogP) is 3.08. The normalized spacial score (nSPS) is 15.2. The fraction of sp³-hybridized carbons (Fsp3) is 0.300. The van der Waals surface area contributed by atoms with Crippen LogP contribution in [0.15, 0.2) is 36.4 Å². The zero-order chi connectivity index (χ0) is 21.3. The number of nitrogens with zero attached hydrogens (tertiary/aromatic N) is 1. The van der Waals surface area contributed by atoms with Crippen LogP contribution in [0, 0.1) is 10.1 Å². The first kappa shape index (κ1) is 19.5. The highest BCUT2D eigenvalue weighted by Crippen LogP contribution is 2.34. The number of anilines is 2. The Labute approximate surface area is 171 Å². The Kier molecular flexibility index (Phi) is 5.13. The fourth-order valence-electron chi connectivity index (χ4n) is 2.88. The number of ether oxygens (including phenoxy) is 3.